The molecule has 0 aliphatic rings. The predicted octanol–water partition coefficient (Wildman–Crippen LogP) is 3.13. The maximum atomic E-state index is 8.14. The summed E-state index contributed by atoms with van der Waals surface area (Å²) < 4.78 is 0. The minimum absolute atomic E-state index is 0. The molecule has 0 aromatic carbocycles. The van der Waals surface area contributed by atoms with E-state index < -0.39 is 0 Å². The van der Waals surface area contributed by atoms with E-state index in [4.69, 9.17) is 15.3 Å². The Labute approximate surface area is 136 Å². The van der Waals surface area contributed by atoms with Crippen LogP contribution in [0, 0.1) is 24.7 Å². The van der Waals surface area contributed by atoms with E-state index in [0.29, 0.717) is 37.6 Å². The molecule has 0 aliphatic carbocycles. The standard InChI is InChI=1S/3C4H10O.C3H7.Ti/c3*1-4(2)3-5;1-3-2;/h3*4-5H,3H2,1-2H3;1,3H2,2H3;/q;;;-1;. The SMILES string of the molecule is CC(C)CO.CC(C)CO.CC(C)CO.[CH2-]CC.[Ti]. The second-order valence-corrected chi connectivity index (χ2v) is 5.23. The van der Waals surface area contributed by atoms with Gasteiger partial charge in [0.1, 0.15) is 0 Å². The minimum atomic E-state index is 0. The molecule has 0 aliphatic heterocycles. The quantitative estimate of drug-likeness (QED) is 0.554. The fourth-order valence-electron chi connectivity index (χ4n) is 0. The van der Waals surface area contributed by atoms with Gasteiger partial charge in [0.05, 0.1) is 0 Å². The van der Waals surface area contributed by atoms with Gasteiger partial charge in [0.25, 0.3) is 0 Å². The molecule has 0 atom stereocenters. The molecule has 0 aromatic rings. The first-order chi connectivity index (χ1) is 8.22. The van der Waals surface area contributed by atoms with Crippen molar-refractivity contribution in [3.63, 3.8) is 0 Å². The Hall–Kier alpha value is 0.594. The minimum Gasteiger partial charge on any atom is -0.396 e. The summed E-state index contributed by atoms with van der Waals surface area (Å²) in [5.74, 6) is 1.32. The van der Waals surface area contributed by atoms with E-state index in [1.165, 1.54) is 0 Å². The van der Waals surface area contributed by atoms with Crippen LogP contribution in [0.4, 0.5) is 0 Å². The Balaban J connectivity index is -0.0000000458. The third kappa shape index (κ3) is 118. The first kappa shape index (κ1) is 31.8. The van der Waals surface area contributed by atoms with Crippen LogP contribution in [0.1, 0.15) is 54.9 Å². The van der Waals surface area contributed by atoms with Gasteiger partial charge in [0.15, 0.2) is 0 Å². The van der Waals surface area contributed by atoms with E-state index in [2.05, 4.69) is 6.92 Å². The van der Waals surface area contributed by atoms with Crippen LogP contribution in [0.25, 0.3) is 0 Å². The Morgan fingerprint density at radius 2 is 0.737 bits per heavy atom. The van der Waals surface area contributed by atoms with E-state index in [0.717, 1.165) is 6.42 Å². The number of aliphatic hydroxyl groups is 3. The van der Waals surface area contributed by atoms with Crippen LogP contribution in [0.2, 0.25) is 0 Å². The molecule has 0 saturated carbocycles. The van der Waals surface area contributed by atoms with Gasteiger partial charge in [-0.15, -0.1) is 0 Å². The second-order valence-electron chi connectivity index (χ2n) is 5.23. The summed E-state index contributed by atoms with van der Waals surface area (Å²) in [6.07, 6.45) is 1.00. The molecule has 0 saturated heterocycles. The Bertz CT molecular complexity index is 88.5. The zero-order valence-corrected chi connectivity index (χ0v) is 15.7. The maximum absolute atomic E-state index is 8.14. The average Bonchev–Trinajstić information content (AvgIpc) is 2.31. The maximum Gasteiger partial charge on any atom is 0.0453 e. The molecule has 0 aromatic heterocycles. The van der Waals surface area contributed by atoms with Gasteiger partial charge in [-0.05, 0) is 17.8 Å². The van der Waals surface area contributed by atoms with E-state index in [1.54, 1.807) is 0 Å². The van der Waals surface area contributed by atoms with Gasteiger partial charge in [-0.2, -0.15) is 6.42 Å². The molecular weight excluding hydrogens is 276 g/mol. The Kier molecular flexibility index (Phi) is 52.1. The number of aliphatic hydroxyl groups excluding tert-OH is 3. The summed E-state index contributed by atoms with van der Waals surface area (Å²) in [5.41, 5.74) is 0. The molecular formula is C15H37O3Ti-. The summed E-state index contributed by atoms with van der Waals surface area (Å²) in [5, 5.41) is 24.4. The van der Waals surface area contributed by atoms with E-state index >= 15 is 0 Å². The number of hydrogen-bond donors (Lipinski definition) is 3. The van der Waals surface area contributed by atoms with E-state index in [9.17, 15) is 0 Å². The van der Waals surface area contributed by atoms with Crippen LogP contribution in [-0.4, -0.2) is 35.1 Å². The largest absolute Gasteiger partial charge is 0.396 e. The van der Waals surface area contributed by atoms with Gasteiger partial charge in [-0.25, -0.2) is 0 Å². The molecule has 0 radical (unpaired) electrons. The monoisotopic (exact) mass is 313 g/mol. The van der Waals surface area contributed by atoms with Crippen molar-refractivity contribution in [2.24, 2.45) is 17.8 Å². The van der Waals surface area contributed by atoms with Crippen LogP contribution >= 0.6 is 0 Å². The molecule has 0 amide bonds. The van der Waals surface area contributed by atoms with Crippen molar-refractivity contribution in [2.75, 3.05) is 19.8 Å². The number of rotatable bonds is 3. The van der Waals surface area contributed by atoms with Gasteiger partial charge in [0, 0.05) is 41.5 Å². The van der Waals surface area contributed by atoms with Crippen molar-refractivity contribution < 1.29 is 37.0 Å². The molecule has 19 heavy (non-hydrogen) atoms. The molecule has 4 heteroatoms. The van der Waals surface area contributed by atoms with E-state index in [-0.39, 0.29) is 21.7 Å². The second kappa shape index (κ2) is 31.1. The topological polar surface area (TPSA) is 60.7 Å². The molecule has 120 valence electrons. The smallest absolute Gasteiger partial charge is 0.0453 e. The molecule has 0 unspecified atom stereocenters. The van der Waals surface area contributed by atoms with Gasteiger partial charge in [-0.1, -0.05) is 48.5 Å². The fraction of sp³-hybridized carbons (Fsp3) is 0.933. The van der Waals surface area contributed by atoms with Gasteiger partial charge < -0.3 is 22.2 Å². The third-order valence-corrected chi connectivity index (χ3v) is 1.10. The molecule has 0 heterocycles. The Morgan fingerprint density at radius 1 is 0.684 bits per heavy atom. The molecule has 0 rings (SSSR count). The van der Waals surface area contributed by atoms with E-state index in [1.807, 2.05) is 48.5 Å². The van der Waals surface area contributed by atoms with Gasteiger partial charge in [-0.3, -0.25) is 0 Å². The summed E-state index contributed by atoms with van der Waals surface area (Å²) in [7, 11) is 0. The molecule has 3 N–H and O–H groups in total. The summed E-state index contributed by atoms with van der Waals surface area (Å²) in [6.45, 7) is 18.2. The van der Waals surface area contributed by atoms with Crippen LogP contribution in [0.3, 0.4) is 0 Å². The fourth-order valence-corrected chi connectivity index (χ4v) is 0. The van der Waals surface area contributed by atoms with Crippen LogP contribution in [0.5, 0.6) is 0 Å². The van der Waals surface area contributed by atoms with Crippen LogP contribution < -0.4 is 0 Å². The van der Waals surface area contributed by atoms with Crippen LogP contribution in [-0.2, 0) is 21.7 Å². The zero-order valence-electron chi connectivity index (χ0n) is 14.1. The molecule has 0 fully saturated rings. The van der Waals surface area contributed by atoms with Crippen molar-refractivity contribution in [1.82, 2.24) is 0 Å². The predicted molar refractivity (Wildman–Crippen MR) is 81.4 cm³/mol. The van der Waals surface area contributed by atoms with Gasteiger partial charge in [0.2, 0.25) is 0 Å². The van der Waals surface area contributed by atoms with Crippen molar-refractivity contribution in [3.05, 3.63) is 6.92 Å². The summed E-state index contributed by atoms with van der Waals surface area (Å²) in [4.78, 5) is 0. The van der Waals surface area contributed by atoms with Gasteiger partial charge >= 0.3 is 0 Å². The first-order valence-electron chi connectivity index (χ1n) is 6.84. The van der Waals surface area contributed by atoms with Crippen molar-refractivity contribution in [1.29, 1.82) is 0 Å². The molecule has 0 bridgehead atoms. The normalized spacial score (nSPS) is 8.53. The third-order valence-electron chi connectivity index (χ3n) is 1.10. The summed E-state index contributed by atoms with van der Waals surface area (Å²) in [6, 6.07) is 0. The first-order valence-corrected chi connectivity index (χ1v) is 6.84. The average molecular weight is 313 g/mol. The summed E-state index contributed by atoms with van der Waals surface area (Å²) >= 11 is 0. The zero-order chi connectivity index (χ0) is 15.6. The van der Waals surface area contributed by atoms with Crippen molar-refractivity contribution >= 4 is 0 Å². The van der Waals surface area contributed by atoms with Crippen LogP contribution in [0.15, 0.2) is 0 Å². The Morgan fingerprint density at radius 3 is 0.737 bits per heavy atom. The van der Waals surface area contributed by atoms with Crippen molar-refractivity contribution in [3.8, 4) is 0 Å². The number of hydrogen-bond acceptors (Lipinski definition) is 3. The van der Waals surface area contributed by atoms with Crippen molar-refractivity contribution in [2.45, 2.75) is 54.9 Å². The molecule has 0 spiro atoms. The molecule has 3 nitrogen and oxygen atoms in total.